The lowest BCUT2D eigenvalue weighted by atomic mass is 9.66. The molecule has 14 unspecified atom stereocenters. The van der Waals surface area contributed by atoms with Gasteiger partial charge in [0.1, 0.15) is 18.3 Å². The zero-order chi connectivity index (χ0) is 41.5. The van der Waals surface area contributed by atoms with Crippen LogP contribution in [-0.2, 0) is 47.5 Å². The molecule has 5 heterocycles. The molecule has 5 saturated heterocycles. The van der Waals surface area contributed by atoms with Crippen molar-refractivity contribution in [1.29, 1.82) is 0 Å². The molecular weight excluding hydrogens is 710 g/mol. The van der Waals surface area contributed by atoms with Crippen LogP contribution in [0.4, 0.5) is 0 Å². The lowest BCUT2D eigenvalue weighted by molar-refractivity contribution is -0.330. The topological polar surface area (TPSA) is 152 Å². The number of fused-ring (bicyclic) bond motifs is 11. The maximum absolute atomic E-state index is 14.5. The van der Waals surface area contributed by atoms with E-state index in [1.807, 2.05) is 55.5 Å². The van der Waals surface area contributed by atoms with E-state index in [4.69, 9.17) is 37.9 Å². The van der Waals surface area contributed by atoms with Crippen LogP contribution in [0, 0.1) is 29.6 Å². The van der Waals surface area contributed by atoms with E-state index < -0.39 is 89.7 Å². The first-order valence-electron chi connectivity index (χ1n) is 20.7. The number of nitrogens with zero attached hydrogens (tertiary/aromatic N) is 1. The third-order valence-electron chi connectivity index (χ3n) is 14.0. The van der Waals surface area contributed by atoms with Crippen molar-refractivity contribution in [3.05, 3.63) is 0 Å². The maximum atomic E-state index is 14.5. The Morgan fingerprint density at radius 1 is 0.891 bits per heavy atom. The molecule has 13 heteroatoms. The van der Waals surface area contributed by atoms with Gasteiger partial charge < -0.3 is 48.1 Å². The van der Waals surface area contributed by atoms with Crippen molar-refractivity contribution in [1.82, 2.24) is 4.90 Å². The first kappa shape index (κ1) is 46.4. The van der Waals surface area contributed by atoms with E-state index in [0.717, 1.165) is 0 Å². The maximum Gasteiger partial charge on any atom is 0.311 e. The van der Waals surface area contributed by atoms with E-state index in [1.165, 1.54) is 7.11 Å². The summed E-state index contributed by atoms with van der Waals surface area (Å²) in [7, 11) is 5.03. The number of carbonyl (C=O) groups is 2. The lowest BCUT2D eigenvalue weighted by Gasteiger charge is -2.54. The number of hydrogen-bond acceptors (Lipinski definition) is 13. The number of carbonyl (C=O) groups excluding carboxylic acids is 2. The van der Waals surface area contributed by atoms with Crippen LogP contribution >= 0.6 is 0 Å². The molecule has 5 aliphatic rings. The summed E-state index contributed by atoms with van der Waals surface area (Å²) in [6.45, 7) is 25.1. The number of aliphatic hydroxyl groups is 2. The van der Waals surface area contributed by atoms with Crippen molar-refractivity contribution in [2.75, 3.05) is 21.3 Å². The number of ketones is 1. The number of likely N-dealkylation sites (N-methyl/N-ethyl adjacent to an activating group) is 1. The van der Waals surface area contributed by atoms with Crippen molar-refractivity contribution in [2.45, 2.75) is 206 Å². The lowest BCUT2D eigenvalue weighted by Crippen LogP contribution is -2.64. The van der Waals surface area contributed by atoms with Crippen LogP contribution in [0.15, 0.2) is 0 Å². The first-order chi connectivity index (χ1) is 25.5. The van der Waals surface area contributed by atoms with E-state index in [1.54, 1.807) is 27.9 Å². The second kappa shape index (κ2) is 17.9. The van der Waals surface area contributed by atoms with Gasteiger partial charge >= 0.3 is 5.97 Å². The Bertz CT molecular complexity index is 1290. The van der Waals surface area contributed by atoms with E-state index in [9.17, 15) is 19.8 Å². The Hall–Kier alpha value is -1.26. The highest BCUT2D eigenvalue weighted by Gasteiger charge is 2.57. The number of esters is 1. The second-order valence-corrected chi connectivity index (χ2v) is 18.3. The highest BCUT2D eigenvalue weighted by atomic mass is 16.7. The minimum atomic E-state index is -1.41. The highest BCUT2D eigenvalue weighted by Crippen LogP contribution is 2.48. The minimum Gasteiger partial charge on any atom is -0.459 e. The van der Waals surface area contributed by atoms with Crippen molar-refractivity contribution in [3.8, 4) is 0 Å². The van der Waals surface area contributed by atoms with Crippen molar-refractivity contribution in [3.63, 3.8) is 0 Å². The van der Waals surface area contributed by atoms with E-state index >= 15 is 0 Å². The van der Waals surface area contributed by atoms with Crippen molar-refractivity contribution >= 4 is 11.8 Å². The Kier molecular flexibility index (Phi) is 15.1. The zero-order valence-corrected chi connectivity index (χ0v) is 36.6. The summed E-state index contributed by atoms with van der Waals surface area (Å²) < 4.78 is 51.8. The van der Waals surface area contributed by atoms with Crippen LogP contribution < -0.4 is 0 Å². The van der Waals surface area contributed by atoms with Gasteiger partial charge in [-0.3, -0.25) is 14.5 Å². The monoisotopic (exact) mass is 786 g/mol. The summed E-state index contributed by atoms with van der Waals surface area (Å²) in [5.41, 5.74) is -3.38. The number of Topliss-reactive ketones (excluding diaryl/α,β-unsaturated/α-hetero) is 1. The van der Waals surface area contributed by atoms with Gasteiger partial charge in [0.15, 0.2) is 24.0 Å². The van der Waals surface area contributed by atoms with E-state index in [-0.39, 0.29) is 48.3 Å². The van der Waals surface area contributed by atoms with E-state index in [0.29, 0.717) is 19.3 Å². The Morgan fingerprint density at radius 2 is 1.53 bits per heavy atom. The molecule has 5 rings (SSSR count). The molecule has 0 amide bonds. The van der Waals surface area contributed by atoms with Crippen LogP contribution in [0.25, 0.3) is 0 Å². The number of aliphatic hydroxyl groups excluding tert-OH is 2. The Balaban J connectivity index is 1.88. The molecule has 0 aromatic heterocycles. The molecule has 5 fully saturated rings. The zero-order valence-electron chi connectivity index (χ0n) is 36.6. The summed E-state index contributed by atoms with van der Waals surface area (Å²) in [6.07, 6.45) is -5.90. The van der Waals surface area contributed by atoms with Crippen LogP contribution in [0.1, 0.15) is 116 Å². The summed E-state index contributed by atoms with van der Waals surface area (Å²) in [5, 5.41) is 22.9. The van der Waals surface area contributed by atoms with Crippen LogP contribution in [0.3, 0.4) is 0 Å². The molecule has 0 aromatic rings. The summed E-state index contributed by atoms with van der Waals surface area (Å²) in [4.78, 5) is 31.1. The Morgan fingerprint density at radius 3 is 2.07 bits per heavy atom. The number of methoxy groups -OCH3 is 2. The first-order valence-corrected chi connectivity index (χ1v) is 20.7. The quantitative estimate of drug-likeness (QED) is 0.306. The van der Waals surface area contributed by atoms with Crippen LogP contribution in [-0.4, -0.2) is 138 Å². The molecule has 0 radical (unpaired) electrons. The number of rotatable bonds is 9. The van der Waals surface area contributed by atoms with E-state index in [2.05, 4.69) is 25.7 Å². The van der Waals surface area contributed by atoms with Gasteiger partial charge in [-0.2, -0.15) is 0 Å². The van der Waals surface area contributed by atoms with Crippen LogP contribution in [0.2, 0.25) is 0 Å². The second-order valence-electron chi connectivity index (χ2n) is 18.3. The third kappa shape index (κ3) is 9.16. The SMILES string of the molecule is CCC1OC(=O)C(C)C(O[C@@H]2CC(C)(OC)[C@H](O)C(C)O2)C(C)[C@H](OC2OC(C)CC(N(C)C(C)C)[C@@H]2O)C2(C)CC(C)C(C(C)O2)[C@@H](C)C(=O)C1(C)OC. The van der Waals surface area contributed by atoms with Crippen molar-refractivity contribution < 1.29 is 57.7 Å². The van der Waals surface area contributed by atoms with Gasteiger partial charge in [-0.05, 0) is 100 Å². The van der Waals surface area contributed by atoms with Crippen molar-refractivity contribution in [2.24, 2.45) is 29.6 Å². The predicted octanol–water partition coefficient (Wildman–Crippen LogP) is 4.90. The molecule has 320 valence electrons. The molecule has 5 aliphatic heterocycles. The molecule has 55 heavy (non-hydrogen) atoms. The van der Waals surface area contributed by atoms with Gasteiger partial charge in [-0.25, -0.2) is 0 Å². The largest absolute Gasteiger partial charge is 0.459 e. The minimum absolute atomic E-state index is 0.00293. The molecule has 0 saturated carbocycles. The van der Waals surface area contributed by atoms with Gasteiger partial charge in [-0.1, -0.05) is 27.7 Å². The third-order valence-corrected chi connectivity index (χ3v) is 14.0. The van der Waals surface area contributed by atoms with Gasteiger partial charge in [0.2, 0.25) is 0 Å². The fourth-order valence-corrected chi connectivity index (χ4v) is 10.4. The summed E-state index contributed by atoms with van der Waals surface area (Å²) in [6, 6.07) is -0.0545. The fourth-order valence-electron chi connectivity index (χ4n) is 10.4. The Labute approximate surface area is 330 Å². The molecular formula is C42H75NO12. The fraction of sp³-hybridized carbons (Fsp3) is 0.952. The van der Waals surface area contributed by atoms with Gasteiger partial charge in [0.05, 0.1) is 47.6 Å². The average Bonchev–Trinajstić information content (AvgIpc) is 3.12. The molecule has 0 aliphatic carbocycles. The number of hydrogen-bond donors (Lipinski definition) is 2. The van der Waals surface area contributed by atoms with Gasteiger partial charge in [-0.15, -0.1) is 0 Å². The highest BCUT2D eigenvalue weighted by molar-refractivity contribution is 5.90. The molecule has 0 aromatic carbocycles. The number of ether oxygens (including phenoxy) is 8. The average molecular weight is 786 g/mol. The molecule has 0 spiro atoms. The smallest absolute Gasteiger partial charge is 0.311 e. The summed E-state index contributed by atoms with van der Waals surface area (Å²) >= 11 is 0. The standard InChI is InChI=1S/C42H75NO12/c1-17-30-42(13,49-16)35(45)24(6)32-22(4)19-41(12,55-27(32)9)37(54-39-33(44)29(18-23(5)50-39)43(14)21(2)3)25(7)34(26(8)38(47)52-30)53-31-20-40(11,48-15)36(46)28(10)51-31/h21-34,36-37,39,44,46H,17-20H2,1-16H3/t22?,23?,24-,25?,26?,27?,28?,29?,30?,31-,32?,33+,34?,36-,37+,39?,40?,41?,42?/m1/s1. The van der Waals surface area contributed by atoms with Crippen LogP contribution in [0.5, 0.6) is 0 Å². The van der Waals surface area contributed by atoms with Gasteiger partial charge in [0, 0.05) is 44.6 Å². The molecule has 2 N–H and O–H groups in total. The van der Waals surface area contributed by atoms with Gasteiger partial charge in [0.25, 0.3) is 0 Å². The summed E-state index contributed by atoms with van der Waals surface area (Å²) in [5.74, 6) is -2.86. The molecule has 2 bridgehead atoms. The molecule has 13 nitrogen and oxygen atoms in total. The molecule has 19 atom stereocenters. The predicted molar refractivity (Wildman–Crippen MR) is 206 cm³/mol. The normalized spacial score (nSPS) is 49.2.